The van der Waals surface area contributed by atoms with Gasteiger partial charge in [0, 0.05) is 19.2 Å². The van der Waals surface area contributed by atoms with E-state index in [4.69, 9.17) is 11.1 Å². The van der Waals surface area contributed by atoms with Crippen molar-refractivity contribution in [1.29, 1.82) is 5.41 Å². The molecule has 0 fully saturated rings. The van der Waals surface area contributed by atoms with E-state index >= 15 is 0 Å². The van der Waals surface area contributed by atoms with Crippen molar-refractivity contribution in [3.8, 4) is 0 Å². The average Bonchev–Trinajstić information content (AvgIpc) is 2.20. The number of hydrogen-bond acceptors (Lipinski definition) is 2. The number of hydrogen-bond donors (Lipinski definition) is 2. The van der Waals surface area contributed by atoms with E-state index in [2.05, 4.69) is 29.8 Å². The third kappa shape index (κ3) is 3.19. The molecule has 0 saturated carbocycles. The first kappa shape index (κ1) is 14.0. The van der Waals surface area contributed by atoms with E-state index in [-0.39, 0.29) is 16.1 Å². The van der Waals surface area contributed by atoms with Crippen LogP contribution in [-0.2, 0) is 0 Å². The van der Waals surface area contributed by atoms with Gasteiger partial charge in [0.05, 0.1) is 10.2 Å². The van der Waals surface area contributed by atoms with Crippen molar-refractivity contribution in [2.24, 2.45) is 11.7 Å². The minimum absolute atomic E-state index is 0.145. The van der Waals surface area contributed by atoms with Gasteiger partial charge in [-0.1, -0.05) is 13.8 Å². The van der Waals surface area contributed by atoms with Gasteiger partial charge in [-0.3, -0.25) is 5.41 Å². The molecular formula is C12H17BrFN3. The molecule has 1 aromatic carbocycles. The summed E-state index contributed by atoms with van der Waals surface area (Å²) < 4.78 is 14.3. The van der Waals surface area contributed by atoms with Crippen LogP contribution in [0.1, 0.15) is 19.4 Å². The minimum atomic E-state index is -0.374. The molecule has 0 bridgehead atoms. The molecule has 0 saturated heterocycles. The number of rotatable bonds is 4. The van der Waals surface area contributed by atoms with Gasteiger partial charge in [0.25, 0.3) is 0 Å². The normalized spacial score (nSPS) is 10.7. The Kier molecular flexibility index (Phi) is 4.51. The van der Waals surface area contributed by atoms with Gasteiger partial charge in [0.1, 0.15) is 5.84 Å². The average molecular weight is 302 g/mol. The standard InChI is InChI=1S/C12H17BrFN3/c1-7(2)6-17(3)9-5-4-8(12(15)16)10(13)11(9)14/h4-5,7H,6H2,1-3H3,(H3,15,16). The SMILES string of the molecule is CC(C)CN(C)c1ccc(C(=N)N)c(Br)c1F. The molecule has 0 aliphatic heterocycles. The highest BCUT2D eigenvalue weighted by molar-refractivity contribution is 9.10. The van der Waals surface area contributed by atoms with Crippen LogP contribution in [0.25, 0.3) is 0 Å². The molecule has 0 radical (unpaired) electrons. The first-order chi connectivity index (χ1) is 7.84. The minimum Gasteiger partial charge on any atom is -0.384 e. The van der Waals surface area contributed by atoms with E-state index in [1.165, 1.54) is 0 Å². The van der Waals surface area contributed by atoms with Gasteiger partial charge in [-0.05, 0) is 34.0 Å². The second-order valence-electron chi connectivity index (χ2n) is 4.45. The van der Waals surface area contributed by atoms with E-state index in [0.29, 0.717) is 17.2 Å². The third-order valence-electron chi connectivity index (χ3n) is 2.40. The van der Waals surface area contributed by atoms with Crippen LogP contribution in [0.3, 0.4) is 0 Å². The first-order valence-corrected chi connectivity index (χ1v) is 6.17. The number of amidine groups is 1. The van der Waals surface area contributed by atoms with Crippen molar-refractivity contribution in [3.05, 3.63) is 28.0 Å². The molecule has 1 aromatic rings. The van der Waals surface area contributed by atoms with Gasteiger partial charge < -0.3 is 10.6 Å². The third-order valence-corrected chi connectivity index (χ3v) is 3.18. The predicted octanol–water partition coefficient (Wildman–Crippen LogP) is 2.96. The number of nitrogen functional groups attached to an aromatic ring is 1. The topological polar surface area (TPSA) is 53.1 Å². The molecule has 0 spiro atoms. The lowest BCUT2D eigenvalue weighted by Crippen LogP contribution is -2.24. The van der Waals surface area contributed by atoms with E-state index in [1.807, 2.05) is 11.9 Å². The number of anilines is 1. The van der Waals surface area contributed by atoms with Crippen molar-refractivity contribution >= 4 is 27.5 Å². The van der Waals surface area contributed by atoms with Crippen molar-refractivity contribution in [1.82, 2.24) is 0 Å². The Morgan fingerprint density at radius 2 is 2.12 bits per heavy atom. The molecule has 1 rings (SSSR count). The van der Waals surface area contributed by atoms with E-state index < -0.39 is 0 Å². The maximum atomic E-state index is 14.1. The molecule has 17 heavy (non-hydrogen) atoms. The van der Waals surface area contributed by atoms with Crippen LogP contribution in [0.5, 0.6) is 0 Å². The highest BCUT2D eigenvalue weighted by Gasteiger charge is 2.15. The monoisotopic (exact) mass is 301 g/mol. The fourth-order valence-corrected chi connectivity index (χ4v) is 2.24. The van der Waals surface area contributed by atoms with Crippen molar-refractivity contribution in [2.75, 3.05) is 18.5 Å². The Balaban J connectivity index is 3.12. The Morgan fingerprint density at radius 3 is 2.59 bits per heavy atom. The molecule has 0 aliphatic rings. The number of nitrogens with zero attached hydrogens (tertiary/aromatic N) is 1. The Labute approximate surface area is 109 Å². The molecule has 5 heteroatoms. The van der Waals surface area contributed by atoms with Gasteiger partial charge >= 0.3 is 0 Å². The first-order valence-electron chi connectivity index (χ1n) is 5.38. The Bertz CT molecular complexity index is 432. The molecular weight excluding hydrogens is 285 g/mol. The summed E-state index contributed by atoms with van der Waals surface area (Å²) >= 11 is 3.14. The van der Waals surface area contributed by atoms with E-state index in [9.17, 15) is 4.39 Å². The van der Waals surface area contributed by atoms with E-state index in [1.54, 1.807) is 12.1 Å². The molecule has 0 atom stereocenters. The van der Waals surface area contributed by atoms with Crippen LogP contribution >= 0.6 is 15.9 Å². The maximum absolute atomic E-state index is 14.1. The molecule has 94 valence electrons. The molecule has 0 amide bonds. The largest absolute Gasteiger partial charge is 0.384 e. The summed E-state index contributed by atoms with van der Waals surface area (Å²) in [5.74, 6) is -0.0691. The summed E-state index contributed by atoms with van der Waals surface area (Å²) in [5, 5.41) is 7.33. The van der Waals surface area contributed by atoms with Gasteiger partial charge in [-0.2, -0.15) is 0 Å². The van der Waals surface area contributed by atoms with Crippen LogP contribution in [0, 0.1) is 17.1 Å². The van der Waals surface area contributed by atoms with Crippen LogP contribution in [-0.4, -0.2) is 19.4 Å². The van der Waals surface area contributed by atoms with Gasteiger partial charge in [0.2, 0.25) is 0 Å². The fourth-order valence-electron chi connectivity index (χ4n) is 1.69. The van der Waals surface area contributed by atoms with E-state index in [0.717, 1.165) is 6.54 Å². The Morgan fingerprint density at radius 1 is 1.53 bits per heavy atom. The fraction of sp³-hybridized carbons (Fsp3) is 0.417. The van der Waals surface area contributed by atoms with Crippen LogP contribution in [0.4, 0.5) is 10.1 Å². The molecule has 3 N–H and O–H groups in total. The number of nitrogens with two attached hydrogens (primary N) is 1. The lowest BCUT2D eigenvalue weighted by molar-refractivity contribution is 0.595. The highest BCUT2D eigenvalue weighted by atomic mass is 79.9. The molecule has 3 nitrogen and oxygen atoms in total. The summed E-state index contributed by atoms with van der Waals surface area (Å²) in [7, 11) is 1.85. The predicted molar refractivity (Wildman–Crippen MR) is 73.2 cm³/mol. The quantitative estimate of drug-likeness (QED) is 0.663. The molecule has 0 aliphatic carbocycles. The maximum Gasteiger partial charge on any atom is 0.161 e. The van der Waals surface area contributed by atoms with Crippen LogP contribution in [0.15, 0.2) is 16.6 Å². The van der Waals surface area contributed by atoms with Crippen molar-refractivity contribution < 1.29 is 4.39 Å². The zero-order chi connectivity index (χ0) is 13.2. The zero-order valence-electron chi connectivity index (χ0n) is 10.2. The number of nitrogens with one attached hydrogen (secondary N) is 1. The summed E-state index contributed by atoms with van der Waals surface area (Å²) in [6, 6.07) is 3.31. The smallest absolute Gasteiger partial charge is 0.161 e. The van der Waals surface area contributed by atoms with Crippen LogP contribution in [0.2, 0.25) is 0 Å². The second-order valence-corrected chi connectivity index (χ2v) is 5.24. The van der Waals surface area contributed by atoms with Crippen molar-refractivity contribution in [3.63, 3.8) is 0 Å². The lowest BCUT2D eigenvalue weighted by atomic mass is 10.1. The van der Waals surface area contributed by atoms with Crippen molar-refractivity contribution in [2.45, 2.75) is 13.8 Å². The molecule has 0 aromatic heterocycles. The Hall–Kier alpha value is -1.10. The molecule has 0 heterocycles. The lowest BCUT2D eigenvalue weighted by Gasteiger charge is -2.23. The van der Waals surface area contributed by atoms with Crippen LogP contribution < -0.4 is 10.6 Å². The zero-order valence-corrected chi connectivity index (χ0v) is 11.8. The summed E-state index contributed by atoms with van der Waals surface area (Å²) in [6.07, 6.45) is 0. The number of halogens is 2. The second kappa shape index (κ2) is 5.49. The number of benzene rings is 1. The van der Waals surface area contributed by atoms with Gasteiger partial charge in [-0.25, -0.2) is 4.39 Å². The summed E-state index contributed by atoms with van der Waals surface area (Å²) in [6.45, 7) is 4.92. The highest BCUT2D eigenvalue weighted by Crippen LogP contribution is 2.29. The molecule has 0 unspecified atom stereocenters. The van der Waals surface area contributed by atoms with Gasteiger partial charge in [-0.15, -0.1) is 0 Å². The summed E-state index contributed by atoms with van der Waals surface area (Å²) in [5.41, 5.74) is 6.25. The summed E-state index contributed by atoms with van der Waals surface area (Å²) in [4.78, 5) is 1.86. The van der Waals surface area contributed by atoms with Gasteiger partial charge in [0.15, 0.2) is 5.82 Å².